The van der Waals surface area contributed by atoms with Crippen LogP contribution >= 0.6 is 0 Å². The lowest BCUT2D eigenvalue weighted by molar-refractivity contribution is -0.181. The van der Waals surface area contributed by atoms with Crippen molar-refractivity contribution < 1.29 is 13.9 Å². The van der Waals surface area contributed by atoms with Gasteiger partial charge in [-0.25, -0.2) is 4.79 Å². The Kier molecular flexibility index (Phi) is 7.85. The van der Waals surface area contributed by atoms with E-state index in [1.54, 1.807) is 0 Å². The molecule has 0 aromatic rings. The molecule has 0 aliphatic rings. The second-order valence-corrected chi connectivity index (χ2v) is 4.61. The minimum atomic E-state index is -1.81. The SMILES string of the molecule is C=C(C)C(=O)OC(F)(CCC)CCCCCC. The number of halogens is 1. The van der Waals surface area contributed by atoms with Crippen molar-refractivity contribution >= 4 is 5.97 Å². The van der Waals surface area contributed by atoms with Crippen LogP contribution in [0.3, 0.4) is 0 Å². The molecule has 0 saturated heterocycles. The molecule has 0 heterocycles. The van der Waals surface area contributed by atoms with Crippen LogP contribution in [-0.4, -0.2) is 11.8 Å². The number of alkyl halides is 1. The van der Waals surface area contributed by atoms with Gasteiger partial charge < -0.3 is 4.74 Å². The van der Waals surface area contributed by atoms with E-state index in [-0.39, 0.29) is 12.0 Å². The van der Waals surface area contributed by atoms with E-state index in [0.29, 0.717) is 12.8 Å². The first kappa shape index (κ1) is 16.1. The molecule has 2 nitrogen and oxygen atoms in total. The van der Waals surface area contributed by atoms with Gasteiger partial charge in [0.15, 0.2) is 0 Å². The van der Waals surface area contributed by atoms with Crippen molar-refractivity contribution in [3.05, 3.63) is 12.2 Å². The van der Waals surface area contributed by atoms with Crippen molar-refractivity contribution in [2.45, 2.75) is 71.6 Å². The van der Waals surface area contributed by atoms with Crippen LogP contribution in [0.5, 0.6) is 0 Å². The molecule has 0 saturated carbocycles. The highest BCUT2D eigenvalue weighted by molar-refractivity contribution is 5.87. The van der Waals surface area contributed by atoms with Gasteiger partial charge in [-0.1, -0.05) is 39.7 Å². The van der Waals surface area contributed by atoms with Crippen molar-refractivity contribution in [3.63, 3.8) is 0 Å². The molecule has 3 heteroatoms. The first-order valence-corrected chi connectivity index (χ1v) is 6.53. The lowest BCUT2D eigenvalue weighted by atomic mass is 10.0. The first-order chi connectivity index (χ1) is 7.95. The van der Waals surface area contributed by atoms with Crippen molar-refractivity contribution in [1.82, 2.24) is 0 Å². The van der Waals surface area contributed by atoms with Crippen LogP contribution in [0.2, 0.25) is 0 Å². The molecule has 1 unspecified atom stereocenters. The third kappa shape index (κ3) is 7.14. The summed E-state index contributed by atoms with van der Waals surface area (Å²) in [6, 6.07) is 0. The third-order valence-electron chi connectivity index (χ3n) is 2.65. The van der Waals surface area contributed by atoms with E-state index >= 15 is 0 Å². The zero-order chi connectivity index (χ0) is 13.3. The van der Waals surface area contributed by atoms with Gasteiger partial charge in [-0.15, -0.1) is 0 Å². The van der Waals surface area contributed by atoms with Crippen molar-refractivity contribution in [2.24, 2.45) is 0 Å². The highest BCUT2D eigenvalue weighted by atomic mass is 19.2. The Bertz CT molecular complexity index is 251. The van der Waals surface area contributed by atoms with Crippen LogP contribution in [0.4, 0.5) is 4.39 Å². The minimum absolute atomic E-state index is 0.247. The molecule has 100 valence electrons. The second kappa shape index (κ2) is 8.26. The Morgan fingerprint density at radius 1 is 1.18 bits per heavy atom. The van der Waals surface area contributed by atoms with Gasteiger partial charge in [0.05, 0.1) is 0 Å². The van der Waals surface area contributed by atoms with Crippen LogP contribution in [-0.2, 0) is 9.53 Å². The first-order valence-electron chi connectivity index (χ1n) is 6.53. The minimum Gasteiger partial charge on any atom is -0.425 e. The van der Waals surface area contributed by atoms with Crippen molar-refractivity contribution in [3.8, 4) is 0 Å². The zero-order valence-corrected chi connectivity index (χ0v) is 11.4. The van der Waals surface area contributed by atoms with E-state index in [2.05, 4.69) is 13.5 Å². The van der Waals surface area contributed by atoms with Gasteiger partial charge in [0.1, 0.15) is 0 Å². The summed E-state index contributed by atoms with van der Waals surface area (Å²) in [6.07, 6.45) is 5.16. The van der Waals surface area contributed by atoms with Gasteiger partial charge in [0.2, 0.25) is 0 Å². The molecule has 0 fully saturated rings. The van der Waals surface area contributed by atoms with Crippen molar-refractivity contribution in [2.75, 3.05) is 0 Å². The fourth-order valence-corrected chi connectivity index (χ4v) is 1.67. The monoisotopic (exact) mass is 244 g/mol. The summed E-state index contributed by atoms with van der Waals surface area (Å²) >= 11 is 0. The fraction of sp³-hybridized carbons (Fsp3) is 0.786. The number of hydrogen-bond donors (Lipinski definition) is 0. The number of hydrogen-bond acceptors (Lipinski definition) is 2. The summed E-state index contributed by atoms with van der Waals surface area (Å²) in [5.41, 5.74) is 0.247. The van der Waals surface area contributed by atoms with Gasteiger partial charge >= 0.3 is 5.97 Å². The topological polar surface area (TPSA) is 26.3 Å². The molecule has 1 atom stereocenters. The Hall–Kier alpha value is -0.860. The molecule has 0 rings (SSSR count). The number of ether oxygens (including phenoxy) is 1. The highest BCUT2D eigenvalue weighted by Crippen LogP contribution is 2.28. The van der Waals surface area contributed by atoms with Crippen LogP contribution in [0.15, 0.2) is 12.2 Å². The summed E-state index contributed by atoms with van der Waals surface area (Å²) in [4.78, 5) is 11.4. The van der Waals surface area contributed by atoms with Crippen LogP contribution in [0.25, 0.3) is 0 Å². The van der Waals surface area contributed by atoms with Crippen LogP contribution < -0.4 is 0 Å². The van der Waals surface area contributed by atoms with E-state index in [1.807, 2.05) is 6.92 Å². The number of rotatable bonds is 9. The molecule has 0 radical (unpaired) electrons. The van der Waals surface area contributed by atoms with E-state index in [1.165, 1.54) is 6.92 Å². The molecular weight excluding hydrogens is 219 g/mol. The van der Waals surface area contributed by atoms with E-state index in [4.69, 9.17) is 4.74 Å². The highest BCUT2D eigenvalue weighted by Gasteiger charge is 2.32. The van der Waals surface area contributed by atoms with Crippen molar-refractivity contribution in [1.29, 1.82) is 0 Å². The molecule has 0 aliphatic carbocycles. The maximum Gasteiger partial charge on any atom is 0.335 e. The molecule has 0 aromatic heterocycles. The van der Waals surface area contributed by atoms with Gasteiger partial charge in [0, 0.05) is 18.4 Å². The summed E-state index contributed by atoms with van der Waals surface area (Å²) in [5, 5.41) is 0. The molecule has 17 heavy (non-hydrogen) atoms. The second-order valence-electron chi connectivity index (χ2n) is 4.61. The number of esters is 1. The van der Waals surface area contributed by atoms with Gasteiger partial charge in [-0.2, -0.15) is 4.39 Å². The number of carbonyl (C=O) groups is 1. The van der Waals surface area contributed by atoms with Gasteiger partial charge in [-0.05, 0) is 19.8 Å². The standard InChI is InChI=1S/C14H25FO2/c1-5-7-8-9-11-14(15,10-6-2)17-13(16)12(3)4/h3,5-11H2,1-2,4H3. The predicted octanol–water partition coefficient (Wildman–Crippen LogP) is 4.54. The maximum absolute atomic E-state index is 14.3. The normalized spacial score (nSPS) is 14.1. The Labute approximate surface area is 104 Å². The van der Waals surface area contributed by atoms with Gasteiger partial charge in [-0.3, -0.25) is 0 Å². The van der Waals surface area contributed by atoms with Gasteiger partial charge in [0.25, 0.3) is 5.85 Å². The largest absolute Gasteiger partial charge is 0.425 e. The summed E-state index contributed by atoms with van der Waals surface area (Å²) in [6.45, 7) is 8.99. The van der Waals surface area contributed by atoms with Crippen LogP contribution in [0.1, 0.15) is 65.7 Å². The average molecular weight is 244 g/mol. The van der Waals surface area contributed by atoms with E-state index in [0.717, 1.165) is 25.7 Å². The fourth-order valence-electron chi connectivity index (χ4n) is 1.67. The molecular formula is C14H25FO2. The zero-order valence-electron chi connectivity index (χ0n) is 11.4. The van der Waals surface area contributed by atoms with Crippen LogP contribution in [0, 0.1) is 0 Å². The van der Waals surface area contributed by atoms with E-state index in [9.17, 15) is 9.18 Å². The smallest absolute Gasteiger partial charge is 0.335 e. The summed E-state index contributed by atoms with van der Waals surface area (Å²) in [7, 11) is 0. The maximum atomic E-state index is 14.3. The molecule has 0 aromatic carbocycles. The summed E-state index contributed by atoms with van der Waals surface area (Å²) < 4.78 is 19.3. The summed E-state index contributed by atoms with van der Waals surface area (Å²) in [5.74, 6) is -2.44. The molecule has 0 N–H and O–H groups in total. The number of unbranched alkanes of at least 4 members (excludes halogenated alkanes) is 3. The lowest BCUT2D eigenvalue weighted by Gasteiger charge is -2.25. The quantitative estimate of drug-likeness (QED) is 0.338. The Morgan fingerprint density at radius 3 is 2.29 bits per heavy atom. The average Bonchev–Trinajstić information content (AvgIpc) is 2.24. The predicted molar refractivity (Wildman–Crippen MR) is 68.4 cm³/mol. The molecule has 0 amide bonds. The molecule has 0 spiro atoms. The molecule has 0 bridgehead atoms. The Balaban J connectivity index is 4.24. The van der Waals surface area contributed by atoms with E-state index < -0.39 is 11.8 Å². The third-order valence-corrected chi connectivity index (χ3v) is 2.65. The number of carbonyl (C=O) groups excluding carboxylic acids is 1. The molecule has 0 aliphatic heterocycles. The Morgan fingerprint density at radius 2 is 1.82 bits per heavy atom. The lowest BCUT2D eigenvalue weighted by Crippen LogP contribution is -2.30.